The highest BCUT2D eigenvalue weighted by molar-refractivity contribution is 5.96. The predicted octanol–water partition coefficient (Wildman–Crippen LogP) is 2.41. The van der Waals surface area contributed by atoms with Crippen LogP contribution in [0.4, 0.5) is 0 Å². The molecule has 1 heterocycles. The summed E-state index contributed by atoms with van der Waals surface area (Å²) in [6.45, 7) is 8.32. The molecule has 14 heteroatoms. The van der Waals surface area contributed by atoms with Crippen molar-refractivity contribution in [2.45, 2.75) is 148 Å². The number of likely N-dealkylation sites (N-methyl/N-ethyl adjacent to an activating group) is 1. The van der Waals surface area contributed by atoms with Gasteiger partial charge in [0.1, 0.15) is 36.8 Å². The molecule has 1 aromatic rings. The lowest BCUT2D eigenvalue weighted by atomic mass is 9.83. The number of rotatable bonds is 12. The fourth-order valence-corrected chi connectivity index (χ4v) is 7.63. The Balaban J connectivity index is 2.15. The summed E-state index contributed by atoms with van der Waals surface area (Å²) in [5.74, 6) is -5.09. The lowest BCUT2D eigenvalue weighted by Gasteiger charge is -2.36. The Morgan fingerprint density at radius 1 is 0.909 bits per heavy atom. The van der Waals surface area contributed by atoms with Crippen LogP contribution in [0, 0.1) is 24.7 Å². The highest BCUT2D eigenvalue weighted by Crippen LogP contribution is 2.29. The summed E-state index contributed by atoms with van der Waals surface area (Å²) in [5, 5.41) is 21.1. The maximum atomic E-state index is 14.9. The van der Waals surface area contributed by atoms with Gasteiger partial charge in [-0.15, -0.1) is 0 Å². The van der Waals surface area contributed by atoms with E-state index in [1.165, 1.54) is 11.8 Å². The number of aryl methyl sites for hydroxylation is 1. The molecule has 1 aliphatic heterocycles. The lowest BCUT2D eigenvalue weighted by molar-refractivity contribution is -0.158. The van der Waals surface area contributed by atoms with E-state index in [0.29, 0.717) is 32.1 Å². The number of carbonyl (C=O) groups excluding carboxylic acids is 6. The number of aliphatic hydroxyl groups excluding tert-OH is 1. The summed E-state index contributed by atoms with van der Waals surface area (Å²) >= 11 is 0. The van der Waals surface area contributed by atoms with Gasteiger partial charge in [0.2, 0.25) is 29.5 Å². The molecule has 1 aromatic carbocycles. The Bertz CT molecular complexity index is 1450. The van der Waals surface area contributed by atoms with Crippen molar-refractivity contribution in [2.24, 2.45) is 23.5 Å². The molecular weight excluding hydrogens is 704 g/mol. The van der Waals surface area contributed by atoms with Crippen LogP contribution < -0.4 is 27.0 Å². The molecule has 0 spiro atoms. The summed E-state index contributed by atoms with van der Waals surface area (Å²) < 4.78 is 6.06. The van der Waals surface area contributed by atoms with Gasteiger partial charge in [-0.05, 0) is 69.8 Å². The van der Waals surface area contributed by atoms with Crippen LogP contribution in [0.2, 0.25) is 0 Å². The number of carbonyl (C=O) groups is 6. The summed E-state index contributed by atoms with van der Waals surface area (Å²) in [4.78, 5) is 85.0. The summed E-state index contributed by atoms with van der Waals surface area (Å²) in [7, 11) is 1.58. The Hall–Kier alpha value is -4.04. The smallest absolute Gasteiger partial charge is 0.325 e. The fraction of sp³-hybridized carbons (Fsp3) is 0.707. The van der Waals surface area contributed by atoms with Crippen LogP contribution in [-0.4, -0.2) is 102 Å². The van der Waals surface area contributed by atoms with Crippen LogP contribution in [0.1, 0.15) is 109 Å². The van der Waals surface area contributed by atoms with Crippen molar-refractivity contribution in [3.63, 3.8) is 0 Å². The molecule has 1 aliphatic carbocycles. The van der Waals surface area contributed by atoms with Crippen molar-refractivity contribution >= 4 is 35.5 Å². The molecule has 308 valence electrons. The van der Waals surface area contributed by atoms with Crippen molar-refractivity contribution in [1.82, 2.24) is 26.2 Å². The molecule has 55 heavy (non-hydrogen) atoms. The van der Waals surface area contributed by atoms with Crippen molar-refractivity contribution in [3.8, 4) is 0 Å². The molecule has 2 fully saturated rings. The van der Waals surface area contributed by atoms with Crippen LogP contribution >= 0.6 is 0 Å². The molecule has 0 aromatic heterocycles. The predicted molar refractivity (Wildman–Crippen MR) is 209 cm³/mol. The van der Waals surface area contributed by atoms with Crippen molar-refractivity contribution in [2.75, 3.05) is 20.1 Å². The van der Waals surface area contributed by atoms with Gasteiger partial charge >= 0.3 is 5.97 Å². The topological polar surface area (TPSA) is 209 Å². The minimum atomic E-state index is -1.49. The number of benzene rings is 1. The minimum Gasteiger partial charge on any atom is -0.460 e. The third kappa shape index (κ3) is 13.9. The number of cyclic esters (lactones) is 1. The molecule has 1 saturated carbocycles. The van der Waals surface area contributed by atoms with Gasteiger partial charge in [0, 0.05) is 13.6 Å². The van der Waals surface area contributed by atoms with Crippen LogP contribution in [0.15, 0.2) is 24.3 Å². The molecule has 2 aliphatic rings. The monoisotopic (exact) mass is 770 g/mol. The second kappa shape index (κ2) is 22.5. The number of ether oxygens (including phenoxy) is 1. The first-order valence-electron chi connectivity index (χ1n) is 20.2. The minimum absolute atomic E-state index is 0.0109. The largest absolute Gasteiger partial charge is 0.460 e. The van der Waals surface area contributed by atoms with E-state index in [2.05, 4.69) is 28.2 Å². The number of hydrogen-bond acceptors (Lipinski definition) is 9. The Morgan fingerprint density at radius 3 is 2.24 bits per heavy atom. The number of esters is 1. The summed E-state index contributed by atoms with van der Waals surface area (Å²) in [5.41, 5.74) is 7.79. The van der Waals surface area contributed by atoms with Crippen molar-refractivity contribution in [1.29, 1.82) is 0 Å². The Morgan fingerprint density at radius 2 is 1.62 bits per heavy atom. The molecule has 0 unspecified atom stereocenters. The molecule has 1 saturated heterocycles. The second-order valence-electron chi connectivity index (χ2n) is 15.9. The first-order valence-corrected chi connectivity index (χ1v) is 20.2. The zero-order chi connectivity index (χ0) is 40.7. The maximum absolute atomic E-state index is 14.9. The van der Waals surface area contributed by atoms with Gasteiger partial charge in [0.05, 0.1) is 12.0 Å². The van der Waals surface area contributed by atoms with Gasteiger partial charge in [-0.25, -0.2) is 0 Å². The first kappa shape index (κ1) is 45.4. The molecular formula is C41H66N6O8. The number of nitrogens with zero attached hydrogens (tertiary/aromatic N) is 1. The van der Waals surface area contributed by atoms with Gasteiger partial charge in [0.15, 0.2) is 0 Å². The zero-order valence-electron chi connectivity index (χ0n) is 33.7. The molecule has 0 radical (unpaired) electrons. The number of nitrogens with two attached hydrogens (primary N) is 1. The molecule has 3 rings (SSSR count). The third-order valence-electron chi connectivity index (χ3n) is 10.8. The van der Waals surface area contributed by atoms with Crippen LogP contribution in [0.3, 0.4) is 0 Å². The van der Waals surface area contributed by atoms with E-state index < -0.39 is 78.4 Å². The molecule has 0 bridgehead atoms. The van der Waals surface area contributed by atoms with Crippen molar-refractivity contribution < 1.29 is 38.6 Å². The Labute approximate surface area is 326 Å². The van der Waals surface area contributed by atoms with E-state index in [1.807, 2.05) is 45.0 Å². The number of aliphatic hydroxyl groups is 1. The molecule has 7 N–H and O–H groups in total. The summed E-state index contributed by atoms with van der Waals surface area (Å²) in [6.07, 6.45) is 6.14. The van der Waals surface area contributed by atoms with E-state index in [0.717, 1.165) is 49.7 Å². The molecule has 14 nitrogen and oxygen atoms in total. The standard InChI is InChI=1S/C41H66N6O8/c1-7-8-9-13-19-33-30(22-28-16-14-15-26(4)21-28)41(54)47(6)32(20-25(2)3)38(51)46-36(29-17-11-10-12-18-29)40(53)44-31(23-42)37(50)45-35(27(5)48)39(52)43-24-34(49)55-33/h14-16,21,25,27,29-33,35-36,48H,7-13,17-20,22-24,42H2,1-6H3,(H,43,52)(H,44,53)(H,45,50)(H,46,51)/t27-,30+,31-,32-,33+,35-,36-/m0/s1. The van der Waals surface area contributed by atoms with Gasteiger partial charge < -0.3 is 41.7 Å². The summed E-state index contributed by atoms with van der Waals surface area (Å²) in [6, 6.07) is 2.95. The maximum Gasteiger partial charge on any atom is 0.325 e. The van der Waals surface area contributed by atoms with E-state index in [4.69, 9.17) is 10.5 Å². The number of unbranched alkanes of at least 4 members (excludes halogenated alkanes) is 3. The fourth-order valence-electron chi connectivity index (χ4n) is 7.63. The van der Waals surface area contributed by atoms with Crippen LogP contribution in [-0.2, 0) is 39.9 Å². The van der Waals surface area contributed by atoms with Crippen LogP contribution in [0.5, 0.6) is 0 Å². The quantitative estimate of drug-likeness (QED) is 0.136. The van der Waals surface area contributed by atoms with Crippen molar-refractivity contribution in [3.05, 3.63) is 35.4 Å². The average molecular weight is 771 g/mol. The lowest BCUT2D eigenvalue weighted by Crippen LogP contribution is -2.62. The van der Waals surface area contributed by atoms with Gasteiger partial charge in [0.25, 0.3) is 0 Å². The van der Waals surface area contributed by atoms with Gasteiger partial charge in [-0.3, -0.25) is 28.8 Å². The molecule has 5 amide bonds. The van der Waals surface area contributed by atoms with E-state index in [1.54, 1.807) is 7.05 Å². The third-order valence-corrected chi connectivity index (χ3v) is 10.8. The number of amides is 5. The highest BCUT2D eigenvalue weighted by atomic mass is 16.5. The Kier molecular flexibility index (Phi) is 18.6. The SMILES string of the molecule is CCCCCC[C@H]1OC(=O)CNC(=O)[C@H]([C@H](C)O)NC(=O)[C@H](CN)NC(=O)[C@H](C2CCCCC2)NC(=O)[C@H](CC(C)C)N(C)C(=O)[C@@H]1Cc1cccc(C)c1. The molecule has 7 atom stereocenters. The van der Waals surface area contributed by atoms with Crippen LogP contribution in [0.25, 0.3) is 0 Å². The van der Waals surface area contributed by atoms with E-state index in [9.17, 15) is 33.9 Å². The normalized spacial score (nSPS) is 26.5. The van der Waals surface area contributed by atoms with E-state index >= 15 is 0 Å². The number of hydrogen-bond donors (Lipinski definition) is 6. The first-order chi connectivity index (χ1) is 26.2. The van der Waals surface area contributed by atoms with Gasteiger partial charge in [-0.2, -0.15) is 0 Å². The van der Waals surface area contributed by atoms with E-state index in [-0.39, 0.29) is 30.7 Å². The highest BCUT2D eigenvalue weighted by Gasteiger charge is 2.41. The zero-order valence-corrected chi connectivity index (χ0v) is 33.7. The second-order valence-corrected chi connectivity index (χ2v) is 15.9. The number of nitrogens with one attached hydrogen (secondary N) is 4. The van der Waals surface area contributed by atoms with Gasteiger partial charge in [-0.1, -0.05) is 89.1 Å². The average Bonchev–Trinajstić information content (AvgIpc) is 3.15.